The molecule has 0 bridgehead atoms. The fraction of sp³-hybridized carbons (Fsp3) is 0.300. The van der Waals surface area contributed by atoms with E-state index in [1.54, 1.807) is 0 Å². The summed E-state index contributed by atoms with van der Waals surface area (Å²) in [5.74, 6) is 1.52. The lowest BCUT2D eigenvalue weighted by Gasteiger charge is -2.01. The average Bonchev–Trinajstić information content (AvgIpc) is 2.64. The first kappa shape index (κ1) is 9.64. The van der Waals surface area contributed by atoms with E-state index >= 15 is 0 Å². The normalized spacial score (nSPS) is 10.3. The van der Waals surface area contributed by atoms with Crippen molar-refractivity contribution in [1.82, 2.24) is 15.4 Å². The van der Waals surface area contributed by atoms with Crippen LogP contribution in [0.2, 0.25) is 0 Å². The first-order valence-corrected chi connectivity index (χ1v) is 4.70. The van der Waals surface area contributed by atoms with Gasteiger partial charge in [-0.3, -0.25) is 0 Å². The smallest absolute Gasteiger partial charge is 0.156 e. The highest BCUT2D eigenvalue weighted by molar-refractivity contribution is 5.33. The molecule has 1 N–H and O–H groups in total. The lowest BCUT2D eigenvalue weighted by atomic mass is 10.4. The molecule has 0 aliphatic heterocycles. The van der Waals surface area contributed by atoms with Crippen molar-refractivity contribution in [1.29, 1.82) is 0 Å². The molecule has 0 fully saturated rings. The summed E-state index contributed by atoms with van der Waals surface area (Å²) in [6.45, 7) is 4.36. The molecule has 5 heteroatoms. The SMILES string of the molecule is Cc1ccc(NCc2cc(C)no2)nn1. The van der Waals surface area contributed by atoms with Gasteiger partial charge in [-0.25, -0.2) is 0 Å². The summed E-state index contributed by atoms with van der Waals surface area (Å²) in [6.07, 6.45) is 0. The Hall–Kier alpha value is -1.91. The van der Waals surface area contributed by atoms with Gasteiger partial charge in [-0.05, 0) is 26.0 Å². The minimum Gasteiger partial charge on any atom is -0.361 e. The lowest BCUT2D eigenvalue weighted by molar-refractivity contribution is 0.384. The van der Waals surface area contributed by atoms with E-state index in [4.69, 9.17) is 4.52 Å². The molecular formula is C10H12N4O. The van der Waals surface area contributed by atoms with E-state index in [1.807, 2.05) is 32.0 Å². The van der Waals surface area contributed by atoms with Crippen molar-refractivity contribution in [2.24, 2.45) is 0 Å². The van der Waals surface area contributed by atoms with Crippen LogP contribution in [0.1, 0.15) is 17.1 Å². The Morgan fingerprint density at radius 1 is 1.20 bits per heavy atom. The van der Waals surface area contributed by atoms with Gasteiger partial charge >= 0.3 is 0 Å². The monoisotopic (exact) mass is 204 g/mol. The van der Waals surface area contributed by atoms with Gasteiger partial charge in [-0.15, -0.1) is 5.10 Å². The third-order valence-corrected chi connectivity index (χ3v) is 1.92. The van der Waals surface area contributed by atoms with Crippen LogP contribution >= 0.6 is 0 Å². The summed E-state index contributed by atoms with van der Waals surface area (Å²) in [5.41, 5.74) is 1.78. The molecule has 0 spiro atoms. The Bertz CT molecular complexity index is 435. The van der Waals surface area contributed by atoms with Gasteiger partial charge in [-0.2, -0.15) is 5.10 Å². The fourth-order valence-corrected chi connectivity index (χ4v) is 1.17. The number of rotatable bonds is 3. The second-order valence-corrected chi connectivity index (χ2v) is 3.35. The lowest BCUT2D eigenvalue weighted by Crippen LogP contribution is -2.01. The van der Waals surface area contributed by atoms with Gasteiger partial charge in [0, 0.05) is 6.07 Å². The van der Waals surface area contributed by atoms with Gasteiger partial charge in [0.2, 0.25) is 0 Å². The topological polar surface area (TPSA) is 63.8 Å². The van der Waals surface area contributed by atoms with Gasteiger partial charge in [-0.1, -0.05) is 5.16 Å². The highest BCUT2D eigenvalue weighted by Gasteiger charge is 2.00. The number of hydrogen-bond donors (Lipinski definition) is 1. The van der Waals surface area contributed by atoms with Crippen LogP contribution in [0.25, 0.3) is 0 Å². The predicted octanol–water partition coefficient (Wildman–Crippen LogP) is 1.69. The van der Waals surface area contributed by atoms with Gasteiger partial charge in [0.05, 0.1) is 17.9 Å². The molecule has 15 heavy (non-hydrogen) atoms. The van der Waals surface area contributed by atoms with Gasteiger partial charge in [0.1, 0.15) is 5.82 Å². The number of aromatic nitrogens is 3. The van der Waals surface area contributed by atoms with Crippen molar-refractivity contribution < 1.29 is 4.52 Å². The summed E-state index contributed by atoms with van der Waals surface area (Å²) in [5, 5.41) is 14.8. The molecule has 2 aromatic rings. The minimum atomic E-state index is 0.568. The van der Waals surface area contributed by atoms with Crippen LogP contribution in [0.3, 0.4) is 0 Å². The largest absolute Gasteiger partial charge is 0.361 e. The van der Waals surface area contributed by atoms with Gasteiger partial charge in [0.15, 0.2) is 5.76 Å². The van der Waals surface area contributed by atoms with Crippen molar-refractivity contribution >= 4 is 5.82 Å². The Morgan fingerprint density at radius 3 is 2.67 bits per heavy atom. The quantitative estimate of drug-likeness (QED) is 0.824. The highest BCUT2D eigenvalue weighted by atomic mass is 16.5. The molecule has 2 rings (SSSR count). The van der Waals surface area contributed by atoms with E-state index in [2.05, 4.69) is 20.7 Å². The van der Waals surface area contributed by atoms with E-state index < -0.39 is 0 Å². The second-order valence-electron chi connectivity index (χ2n) is 3.35. The molecular weight excluding hydrogens is 192 g/mol. The second kappa shape index (κ2) is 4.08. The Kier molecular flexibility index (Phi) is 2.62. The van der Waals surface area contributed by atoms with Crippen LogP contribution in [-0.4, -0.2) is 15.4 Å². The molecule has 0 unspecified atom stereocenters. The molecule has 0 saturated carbocycles. The van der Waals surface area contributed by atoms with Gasteiger partial charge in [0.25, 0.3) is 0 Å². The molecule has 0 saturated heterocycles. The number of nitrogens with one attached hydrogen (secondary N) is 1. The average molecular weight is 204 g/mol. The third kappa shape index (κ3) is 2.52. The van der Waals surface area contributed by atoms with Crippen molar-refractivity contribution in [3.05, 3.63) is 35.3 Å². The first-order chi connectivity index (χ1) is 7.24. The molecule has 0 aromatic carbocycles. The van der Waals surface area contributed by atoms with Crippen LogP contribution in [0.5, 0.6) is 0 Å². The van der Waals surface area contributed by atoms with E-state index in [9.17, 15) is 0 Å². The van der Waals surface area contributed by atoms with E-state index in [-0.39, 0.29) is 0 Å². The molecule has 0 aliphatic carbocycles. The fourth-order valence-electron chi connectivity index (χ4n) is 1.17. The molecule has 0 aliphatic rings. The first-order valence-electron chi connectivity index (χ1n) is 4.70. The Balaban J connectivity index is 1.96. The molecule has 78 valence electrons. The maximum Gasteiger partial charge on any atom is 0.156 e. The predicted molar refractivity (Wildman–Crippen MR) is 55.3 cm³/mol. The zero-order valence-corrected chi connectivity index (χ0v) is 8.69. The van der Waals surface area contributed by atoms with Crippen LogP contribution in [-0.2, 0) is 6.54 Å². The molecule has 0 radical (unpaired) electrons. The van der Waals surface area contributed by atoms with Crippen molar-refractivity contribution in [2.75, 3.05) is 5.32 Å². The molecule has 2 heterocycles. The third-order valence-electron chi connectivity index (χ3n) is 1.92. The summed E-state index contributed by atoms with van der Waals surface area (Å²) >= 11 is 0. The number of hydrogen-bond acceptors (Lipinski definition) is 5. The summed E-state index contributed by atoms with van der Waals surface area (Å²) in [7, 11) is 0. The van der Waals surface area contributed by atoms with Crippen molar-refractivity contribution in [3.63, 3.8) is 0 Å². The van der Waals surface area contributed by atoms with E-state index in [0.29, 0.717) is 6.54 Å². The van der Waals surface area contributed by atoms with Crippen LogP contribution < -0.4 is 5.32 Å². The maximum absolute atomic E-state index is 5.05. The molecule has 0 atom stereocenters. The maximum atomic E-state index is 5.05. The van der Waals surface area contributed by atoms with E-state index in [0.717, 1.165) is 23.0 Å². The van der Waals surface area contributed by atoms with Crippen LogP contribution in [0.15, 0.2) is 22.7 Å². The Labute approximate surface area is 87.5 Å². The number of aryl methyl sites for hydroxylation is 2. The zero-order chi connectivity index (χ0) is 10.7. The van der Waals surface area contributed by atoms with Crippen LogP contribution in [0, 0.1) is 13.8 Å². The summed E-state index contributed by atoms with van der Waals surface area (Å²) in [6, 6.07) is 5.67. The van der Waals surface area contributed by atoms with E-state index in [1.165, 1.54) is 0 Å². The number of anilines is 1. The molecule has 2 aromatic heterocycles. The minimum absolute atomic E-state index is 0.568. The highest BCUT2D eigenvalue weighted by Crippen LogP contribution is 2.06. The Morgan fingerprint density at radius 2 is 2.07 bits per heavy atom. The standard InChI is InChI=1S/C10H12N4O/c1-7-3-4-10(13-12-7)11-6-9-5-8(2)14-15-9/h3-5H,6H2,1-2H3,(H,11,13). The van der Waals surface area contributed by atoms with Crippen molar-refractivity contribution in [3.8, 4) is 0 Å². The summed E-state index contributed by atoms with van der Waals surface area (Å²) in [4.78, 5) is 0. The molecule has 5 nitrogen and oxygen atoms in total. The molecule has 0 amide bonds. The zero-order valence-electron chi connectivity index (χ0n) is 8.69. The number of nitrogens with zero attached hydrogens (tertiary/aromatic N) is 3. The van der Waals surface area contributed by atoms with Crippen LogP contribution in [0.4, 0.5) is 5.82 Å². The van der Waals surface area contributed by atoms with Gasteiger partial charge < -0.3 is 9.84 Å². The summed E-state index contributed by atoms with van der Waals surface area (Å²) < 4.78 is 5.05. The van der Waals surface area contributed by atoms with Crippen molar-refractivity contribution in [2.45, 2.75) is 20.4 Å².